The van der Waals surface area contributed by atoms with Crippen LogP contribution >= 0.6 is 0 Å². The van der Waals surface area contributed by atoms with Crippen molar-refractivity contribution < 1.29 is 4.39 Å². The standard InChI is InChI=1S/C14H14FN5/c1-3-17-13-7-14(19-9(2)18-13)20-11-4-5-12(15)10(6-11)8-16/h4-7H,3H2,1-2H3,(H2,17,18,19,20). The van der Waals surface area contributed by atoms with Crippen LogP contribution in [-0.2, 0) is 0 Å². The van der Waals surface area contributed by atoms with Gasteiger partial charge in [0.05, 0.1) is 5.56 Å². The summed E-state index contributed by atoms with van der Waals surface area (Å²) >= 11 is 0. The van der Waals surface area contributed by atoms with Gasteiger partial charge in [0, 0.05) is 18.3 Å². The SMILES string of the molecule is CCNc1cc(Nc2ccc(F)c(C#N)c2)nc(C)n1. The van der Waals surface area contributed by atoms with Crippen LogP contribution in [-0.4, -0.2) is 16.5 Å². The van der Waals surface area contributed by atoms with Crippen LogP contribution in [0, 0.1) is 24.1 Å². The molecule has 1 aromatic heterocycles. The van der Waals surface area contributed by atoms with Gasteiger partial charge in [0.25, 0.3) is 0 Å². The Bertz CT molecular complexity index is 663. The molecule has 0 bridgehead atoms. The Hall–Kier alpha value is -2.68. The monoisotopic (exact) mass is 271 g/mol. The fourth-order valence-corrected chi connectivity index (χ4v) is 1.74. The van der Waals surface area contributed by atoms with E-state index in [1.165, 1.54) is 12.1 Å². The third-order valence-electron chi connectivity index (χ3n) is 2.56. The predicted molar refractivity (Wildman–Crippen MR) is 75.3 cm³/mol. The van der Waals surface area contributed by atoms with E-state index in [-0.39, 0.29) is 5.56 Å². The molecule has 0 unspecified atom stereocenters. The van der Waals surface area contributed by atoms with E-state index in [9.17, 15) is 4.39 Å². The average Bonchev–Trinajstić information content (AvgIpc) is 2.40. The maximum absolute atomic E-state index is 13.3. The van der Waals surface area contributed by atoms with Crippen LogP contribution < -0.4 is 10.6 Å². The van der Waals surface area contributed by atoms with Gasteiger partial charge in [-0.1, -0.05) is 0 Å². The summed E-state index contributed by atoms with van der Waals surface area (Å²) < 4.78 is 13.3. The molecule has 0 saturated carbocycles. The van der Waals surface area contributed by atoms with Crippen molar-refractivity contribution in [2.24, 2.45) is 0 Å². The van der Waals surface area contributed by atoms with Crippen molar-refractivity contribution in [3.63, 3.8) is 0 Å². The maximum atomic E-state index is 13.3. The minimum Gasteiger partial charge on any atom is -0.370 e. The number of nitrogens with one attached hydrogen (secondary N) is 2. The molecule has 2 rings (SSSR count). The molecule has 0 saturated heterocycles. The highest BCUT2D eigenvalue weighted by atomic mass is 19.1. The van der Waals surface area contributed by atoms with Gasteiger partial charge in [-0.3, -0.25) is 0 Å². The van der Waals surface area contributed by atoms with Gasteiger partial charge in [-0.05, 0) is 32.0 Å². The van der Waals surface area contributed by atoms with Crippen LogP contribution in [0.4, 0.5) is 21.7 Å². The molecular weight excluding hydrogens is 257 g/mol. The van der Waals surface area contributed by atoms with Crippen molar-refractivity contribution in [2.75, 3.05) is 17.2 Å². The minimum atomic E-state index is -0.537. The summed E-state index contributed by atoms with van der Waals surface area (Å²) in [5, 5.41) is 15.0. The average molecular weight is 271 g/mol. The third-order valence-corrected chi connectivity index (χ3v) is 2.56. The van der Waals surface area contributed by atoms with Crippen molar-refractivity contribution in [3.8, 4) is 6.07 Å². The van der Waals surface area contributed by atoms with Crippen molar-refractivity contribution >= 4 is 17.3 Å². The predicted octanol–water partition coefficient (Wildman–Crippen LogP) is 2.97. The van der Waals surface area contributed by atoms with Crippen LogP contribution in [0.15, 0.2) is 24.3 Å². The number of rotatable bonds is 4. The van der Waals surface area contributed by atoms with Crippen molar-refractivity contribution in [3.05, 3.63) is 41.5 Å². The van der Waals surface area contributed by atoms with Crippen LogP contribution in [0.3, 0.4) is 0 Å². The van der Waals surface area contributed by atoms with E-state index in [1.807, 2.05) is 6.92 Å². The first-order valence-corrected chi connectivity index (χ1v) is 6.18. The number of halogens is 1. The number of aromatic nitrogens is 2. The molecule has 2 aromatic rings. The lowest BCUT2D eigenvalue weighted by Gasteiger charge is -2.09. The lowest BCUT2D eigenvalue weighted by atomic mass is 10.2. The van der Waals surface area contributed by atoms with Gasteiger partial charge in [0.1, 0.15) is 29.3 Å². The van der Waals surface area contributed by atoms with Gasteiger partial charge < -0.3 is 10.6 Å². The summed E-state index contributed by atoms with van der Waals surface area (Å²) in [6, 6.07) is 7.81. The number of anilines is 3. The van der Waals surface area contributed by atoms with Crippen LogP contribution in [0.2, 0.25) is 0 Å². The van der Waals surface area contributed by atoms with E-state index in [0.29, 0.717) is 23.1 Å². The molecule has 0 atom stereocenters. The Morgan fingerprint density at radius 2 is 2.00 bits per heavy atom. The number of benzene rings is 1. The smallest absolute Gasteiger partial charge is 0.141 e. The van der Waals surface area contributed by atoms with Gasteiger partial charge in [0.15, 0.2) is 0 Å². The molecule has 2 N–H and O–H groups in total. The molecule has 5 nitrogen and oxygen atoms in total. The molecule has 0 spiro atoms. The Kier molecular flexibility index (Phi) is 4.11. The molecule has 0 aliphatic heterocycles. The summed E-state index contributed by atoms with van der Waals surface area (Å²) in [5.41, 5.74) is 0.594. The third kappa shape index (κ3) is 3.20. The number of aryl methyl sites for hydroxylation is 1. The van der Waals surface area contributed by atoms with Crippen molar-refractivity contribution in [2.45, 2.75) is 13.8 Å². The highest BCUT2D eigenvalue weighted by Crippen LogP contribution is 2.19. The zero-order valence-electron chi connectivity index (χ0n) is 11.2. The molecule has 1 heterocycles. The normalized spacial score (nSPS) is 9.90. The van der Waals surface area contributed by atoms with Crippen LogP contribution in [0.1, 0.15) is 18.3 Å². The molecular formula is C14H14FN5. The summed E-state index contributed by atoms with van der Waals surface area (Å²) in [7, 11) is 0. The van der Waals surface area contributed by atoms with Gasteiger partial charge in [0.2, 0.25) is 0 Å². The molecule has 0 radical (unpaired) electrons. The van der Waals surface area contributed by atoms with E-state index >= 15 is 0 Å². The molecule has 0 fully saturated rings. The molecule has 1 aromatic carbocycles. The first kappa shape index (κ1) is 13.7. The summed E-state index contributed by atoms with van der Waals surface area (Å²) in [6.45, 7) is 4.52. The van der Waals surface area contributed by atoms with Gasteiger partial charge in [-0.15, -0.1) is 0 Å². The summed E-state index contributed by atoms with van der Waals surface area (Å²) in [4.78, 5) is 8.49. The second-order valence-corrected chi connectivity index (χ2v) is 4.15. The molecule has 20 heavy (non-hydrogen) atoms. The van der Waals surface area contributed by atoms with Gasteiger partial charge >= 0.3 is 0 Å². The largest absolute Gasteiger partial charge is 0.370 e. The molecule has 0 amide bonds. The molecule has 0 aliphatic carbocycles. The molecule has 102 valence electrons. The van der Waals surface area contributed by atoms with Crippen LogP contribution in [0.25, 0.3) is 0 Å². The Labute approximate surface area is 116 Å². The van der Waals surface area contributed by atoms with E-state index < -0.39 is 5.82 Å². The fraction of sp³-hybridized carbons (Fsp3) is 0.214. The lowest BCUT2D eigenvalue weighted by molar-refractivity contribution is 0.624. The van der Waals surface area contributed by atoms with Crippen LogP contribution in [0.5, 0.6) is 0 Å². The zero-order chi connectivity index (χ0) is 14.5. The number of hydrogen-bond donors (Lipinski definition) is 2. The number of nitriles is 1. The van der Waals surface area contributed by atoms with Crippen molar-refractivity contribution in [1.29, 1.82) is 5.26 Å². The summed E-state index contributed by atoms with van der Waals surface area (Å²) in [5.74, 6) is 1.38. The lowest BCUT2D eigenvalue weighted by Crippen LogP contribution is -2.04. The van der Waals surface area contributed by atoms with Gasteiger partial charge in [-0.2, -0.15) is 5.26 Å². The zero-order valence-corrected chi connectivity index (χ0v) is 11.2. The van der Waals surface area contributed by atoms with E-state index in [0.717, 1.165) is 6.54 Å². The van der Waals surface area contributed by atoms with E-state index in [1.54, 1.807) is 25.1 Å². The second kappa shape index (κ2) is 5.97. The highest BCUT2D eigenvalue weighted by molar-refractivity contribution is 5.61. The Morgan fingerprint density at radius 1 is 1.25 bits per heavy atom. The topological polar surface area (TPSA) is 73.6 Å². The highest BCUT2D eigenvalue weighted by Gasteiger charge is 2.05. The molecule has 0 aliphatic rings. The first-order valence-electron chi connectivity index (χ1n) is 6.18. The fourth-order valence-electron chi connectivity index (χ4n) is 1.74. The number of hydrogen-bond acceptors (Lipinski definition) is 5. The Morgan fingerprint density at radius 3 is 2.70 bits per heavy atom. The number of nitrogens with zero attached hydrogens (tertiary/aromatic N) is 3. The summed E-state index contributed by atoms with van der Waals surface area (Å²) in [6.07, 6.45) is 0. The first-order chi connectivity index (χ1) is 9.62. The quantitative estimate of drug-likeness (QED) is 0.894. The maximum Gasteiger partial charge on any atom is 0.141 e. The van der Waals surface area contributed by atoms with E-state index in [2.05, 4.69) is 20.6 Å². The Balaban J connectivity index is 2.28. The van der Waals surface area contributed by atoms with Gasteiger partial charge in [-0.25, -0.2) is 14.4 Å². The van der Waals surface area contributed by atoms with E-state index in [4.69, 9.17) is 5.26 Å². The minimum absolute atomic E-state index is 0.00677. The molecule has 6 heteroatoms. The second-order valence-electron chi connectivity index (χ2n) is 4.15. The van der Waals surface area contributed by atoms with Crippen molar-refractivity contribution in [1.82, 2.24) is 9.97 Å².